The highest BCUT2D eigenvalue weighted by atomic mass is 19.1. The minimum Gasteiger partial charge on any atom is -0.508 e. The number of aromatic hydroxyl groups is 1. The number of nitrogens with one attached hydrogen (secondary N) is 1. The Labute approximate surface area is 102 Å². The number of phenolic OH excluding ortho intramolecular Hbond substituents is 1. The third kappa shape index (κ3) is 2.57. The molecule has 2 rings (SSSR count). The number of phenols is 1. The van der Waals surface area contributed by atoms with Gasteiger partial charge in [0.25, 0.3) is 0 Å². The van der Waals surface area contributed by atoms with Gasteiger partial charge in [-0.1, -0.05) is 6.07 Å². The lowest BCUT2D eigenvalue weighted by atomic mass is 10.2. The highest BCUT2D eigenvalue weighted by Gasteiger charge is 2.08. The maximum absolute atomic E-state index is 13.5. The fourth-order valence-corrected chi connectivity index (χ4v) is 1.49. The first-order chi connectivity index (χ1) is 8.56. The summed E-state index contributed by atoms with van der Waals surface area (Å²) in [5.41, 5.74) is 0.496. The fourth-order valence-electron chi connectivity index (χ4n) is 1.49. The van der Waals surface area contributed by atoms with Crippen molar-refractivity contribution in [2.75, 3.05) is 5.32 Å². The Hall–Kier alpha value is -2.56. The van der Waals surface area contributed by atoms with E-state index in [-0.39, 0.29) is 17.0 Å². The van der Waals surface area contributed by atoms with E-state index >= 15 is 0 Å². The van der Waals surface area contributed by atoms with Crippen LogP contribution in [0, 0.1) is 5.82 Å². The van der Waals surface area contributed by atoms with Crippen LogP contribution < -0.4 is 5.32 Å². The first-order valence-electron chi connectivity index (χ1n) is 5.15. The van der Waals surface area contributed by atoms with Crippen LogP contribution in [0.5, 0.6) is 5.75 Å². The maximum Gasteiger partial charge on any atom is 0.335 e. The van der Waals surface area contributed by atoms with Crippen LogP contribution in [0.25, 0.3) is 0 Å². The molecule has 0 saturated heterocycles. The highest BCUT2D eigenvalue weighted by Crippen LogP contribution is 2.23. The maximum atomic E-state index is 13.5. The molecule has 2 aromatic rings. The molecule has 92 valence electrons. The molecule has 0 amide bonds. The Bertz CT molecular complexity index is 599. The van der Waals surface area contributed by atoms with Crippen molar-refractivity contribution in [1.29, 1.82) is 0 Å². The van der Waals surface area contributed by atoms with Crippen LogP contribution in [0.2, 0.25) is 0 Å². The van der Waals surface area contributed by atoms with Crippen molar-refractivity contribution >= 4 is 17.3 Å². The topological polar surface area (TPSA) is 69.6 Å². The van der Waals surface area contributed by atoms with Gasteiger partial charge < -0.3 is 15.5 Å². The molecular formula is C13H10FNO3. The molecule has 0 fully saturated rings. The molecule has 0 radical (unpaired) electrons. The lowest BCUT2D eigenvalue weighted by molar-refractivity contribution is 0.0697. The van der Waals surface area contributed by atoms with Gasteiger partial charge in [-0.3, -0.25) is 0 Å². The van der Waals surface area contributed by atoms with Crippen molar-refractivity contribution in [2.45, 2.75) is 0 Å². The van der Waals surface area contributed by atoms with Gasteiger partial charge in [0.1, 0.15) is 11.6 Å². The summed E-state index contributed by atoms with van der Waals surface area (Å²) in [6.45, 7) is 0. The summed E-state index contributed by atoms with van der Waals surface area (Å²) >= 11 is 0. The summed E-state index contributed by atoms with van der Waals surface area (Å²) in [5, 5.41) is 20.8. The van der Waals surface area contributed by atoms with Crippen molar-refractivity contribution in [3.05, 3.63) is 53.8 Å². The van der Waals surface area contributed by atoms with E-state index in [1.807, 2.05) is 0 Å². The van der Waals surface area contributed by atoms with Crippen LogP contribution >= 0.6 is 0 Å². The van der Waals surface area contributed by atoms with Gasteiger partial charge in [-0.25, -0.2) is 9.18 Å². The van der Waals surface area contributed by atoms with Gasteiger partial charge in [0.2, 0.25) is 0 Å². The van der Waals surface area contributed by atoms with E-state index in [1.165, 1.54) is 24.3 Å². The Balaban J connectivity index is 2.33. The number of benzene rings is 2. The summed E-state index contributed by atoms with van der Waals surface area (Å²) in [4.78, 5) is 10.8. The molecule has 4 nitrogen and oxygen atoms in total. The van der Waals surface area contributed by atoms with Crippen LogP contribution in [-0.2, 0) is 0 Å². The van der Waals surface area contributed by atoms with Crippen molar-refractivity contribution in [3.63, 3.8) is 0 Å². The SMILES string of the molecule is O=C(O)c1ccc(F)c(Nc2cccc(O)c2)c1. The number of halogens is 1. The number of rotatable bonds is 3. The molecule has 3 N–H and O–H groups in total. The molecule has 0 unspecified atom stereocenters. The molecule has 0 aliphatic carbocycles. The predicted octanol–water partition coefficient (Wildman–Crippen LogP) is 2.97. The standard InChI is InChI=1S/C13H10FNO3/c14-11-5-4-8(13(17)18)6-12(11)15-9-2-1-3-10(16)7-9/h1-7,15-16H,(H,17,18). The monoisotopic (exact) mass is 247 g/mol. The second-order valence-corrected chi connectivity index (χ2v) is 3.68. The predicted molar refractivity (Wildman–Crippen MR) is 64.7 cm³/mol. The quantitative estimate of drug-likeness (QED) is 0.779. The van der Waals surface area contributed by atoms with E-state index in [0.717, 1.165) is 6.07 Å². The molecule has 2 aromatic carbocycles. The average Bonchev–Trinajstić information content (AvgIpc) is 2.31. The van der Waals surface area contributed by atoms with Crippen LogP contribution in [0.3, 0.4) is 0 Å². The average molecular weight is 247 g/mol. The first-order valence-corrected chi connectivity index (χ1v) is 5.15. The van der Waals surface area contributed by atoms with Gasteiger partial charge in [-0.15, -0.1) is 0 Å². The molecule has 0 heterocycles. The van der Waals surface area contributed by atoms with Gasteiger partial charge >= 0.3 is 5.97 Å². The Kier molecular flexibility index (Phi) is 3.14. The zero-order chi connectivity index (χ0) is 13.1. The third-order valence-corrected chi connectivity index (χ3v) is 2.34. The van der Waals surface area contributed by atoms with Crippen molar-refractivity contribution in [2.24, 2.45) is 0 Å². The normalized spacial score (nSPS) is 10.1. The summed E-state index contributed by atoms with van der Waals surface area (Å²) in [6, 6.07) is 9.58. The lowest BCUT2D eigenvalue weighted by Gasteiger charge is -2.08. The summed E-state index contributed by atoms with van der Waals surface area (Å²) in [5.74, 6) is -1.66. The number of carbonyl (C=O) groups is 1. The smallest absolute Gasteiger partial charge is 0.335 e. The molecular weight excluding hydrogens is 237 g/mol. The molecule has 0 aliphatic heterocycles. The summed E-state index contributed by atoms with van der Waals surface area (Å²) < 4.78 is 13.5. The zero-order valence-electron chi connectivity index (χ0n) is 9.22. The van der Waals surface area contributed by atoms with Crippen molar-refractivity contribution in [1.82, 2.24) is 0 Å². The van der Waals surface area contributed by atoms with Gasteiger partial charge in [0.05, 0.1) is 11.3 Å². The molecule has 0 saturated carbocycles. The van der Waals surface area contributed by atoms with E-state index in [4.69, 9.17) is 5.11 Å². The molecule has 18 heavy (non-hydrogen) atoms. The van der Waals surface area contributed by atoms with Crippen LogP contribution in [0.15, 0.2) is 42.5 Å². The second-order valence-electron chi connectivity index (χ2n) is 3.68. The number of hydrogen-bond donors (Lipinski definition) is 3. The number of aromatic carboxylic acids is 1. The molecule has 0 aromatic heterocycles. The van der Waals surface area contributed by atoms with Gasteiger partial charge in [0.15, 0.2) is 0 Å². The van der Waals surface area contributed by atoms with Gasteiger partial charge in [0, 0.05) is 11.8 Å². The van der Waals surface area contributed by atoms with Crippen LogP contribution in [-0.4, -0.2) is 16.2 Å². The summed E-state index contributed by atoms with van der Waals surface area (Å²) in [6.07, 6.45) is 0. The third-order valence-electron chi connectivity index (χ3n) is 2.34. The number of carboxylic acids is 1. The van der Waals surface area contributed by atoms with Gasteiger partial charge in [-0.2, -0.15) is 0 Å². The van der Waals surface area contributed by atoms with Crippen LogP contribution in [0.4, 0.5) is 15.8 Å². The van der Waals surface area contributed by atoms with Crippen molar-refractivity contribution in [3.8, 4) is 5.75 Å². The highest BCUT2D eigenvalue weighted by molar-refractivity contribution is 5.89. The van der Waals surface area contributed by atoms with Crippen LogP contribution in [0.1, 0.15) is 10.4 Å². The Morgan fingerprint density at radius 2 is 1.94 bits per heavy atom. The molecule has 0 bridgehead atoms. The summed E-state index contributed by atoms with van der Waals surface area (Å²) in [7, 11) is 0. The van der Waals surface area contributed by atoms with E-state index in [9.17, 15) is 14.3 Å². The molecule has 0 spiro atoms. The number of hydrogen-bond acceptors (Lipinski definition) is 3. The minimum absolute atomic E-state index is 0.0148. The Morgan fingerprint density at radius 1 is 1.17 bits per heavy atom. The van der Waals surface area contributed by atoms with E-state index in [2.05, 4.69) is 5.32 Å². The number of anilines is 2. The van der Waals surface area contributed by atoms with E-state index in [1.54, 1.807) is 12.1 Å². The second kappa shape index (κ2) is 4.75. The first kappa shape index (κ1) is 11.9. The molecule has 0 atom stereocenters. The van der Waals surface area contributed by atoms with E-state index in [0.29, 0.717) is 5.69 Å². The van der Waals surface area contributed by atoms with E-state index < -0.39 is 11.8 Å². The lowest BCUT2D eigenvalue weighted by Crippen LogP contribution is -2.00. The van der Waals surface area contributed by atoms with Crippen molar-refractivity contribution < 1.29 is 19.4 Å². The largest absolute Gasteiger partial charge is 0.508 e. The zero-order valence-corrected chi connectivity index (χ0v) is 9.22. The Morgan fingerprint density at radius 3 is 2.61 bits per heavy atom. The molecule has 0 aliphatic rings. The molecule has 5 heteroatoms. The minimum atomic E-state index is -1.13. The fraction of sp³-hybridized carbons (Fsp3) is 0. The number of carboxylic acid groups (broad SMARTS) is 1. The van der Waals surface area contributed by atoms with Gasteiger partial charge in [-0.05, 0) is 30.3 Å².